The topological polar surface area (TPSA) is 63.1 Å². The van der Waals surface area contributed by atoms with E-state index in [1.54, 1.807) is 4.90 Å². The number of likely N-dealkylation sites (N-methyl/N-ethyl adjacent to an activating group) is 1. The van der Waals surface area contributed by atoms with Gasteiger partial charge in [-0.1, -0.05) is 6.42 Å². The Morgan fingerprint density at radius 1 is 1.42 bits per heavy atom. The number of amides is 1. The maximum absolute atomic E-state index is 12.3. The smallest absolute Gasteiger partial charge is 0.239 e. The first-order valence-corrected chi connectivity index (χ1v) is 7.15. The summed E-state index contributed by atoms with van der Waals surface area (Å²) < 4.78 is 2.15. The van der Waals surface area contributed by atoms with E-state index in [1.807, 2.05) is 7.05 Å². The fourth-order valence-corrected chi connectivity index (χ4v) is 2.95. The van der Waals surface area contributed by atoms with Crippen molar-refractivity contribution in [2.75, 3.05) is 13.6 Å². The highest BCUT2D eigenvalue weighted by atomic mass is 16.2. The summed E-state index contributed by atoms with van der Waals surface area (Å²) in [5.41, 5.74) is 0. The highest BCUT2D eigenvalue weighted by Crippen LogP contribution is 2.16. The predicted molar refractivity (Wildman–Crippen MR) is 70.5 cm³/mol. The van der Waals surface area contributed by atoms with Crippen molar-refractivity contribution in [1.82, 2.24) is 25.0 Å². The van der Waals surface area contributed by atoms with E-state index in [0.29, 0.717) is 6.54 Å². The van der Waals surface area contributed by atoms with E-state index in [-0.39, 0.29) is 11.9 Å². The number of carbonyl (C=O) groups is 1. The Hall–Kier alpha value is -1.43. The average Bonchev–Trinajstić information content (AvgIpc) is 3.04. The molecule has 6 nitrogen and oxygen atoms in total. The van der Waals surface area contributed by atoms with Crippen LogP contribution in [-0.2, 0) is 24.3 Å². The van der Waals surface area contributed by atoms with Crippen LogP contribution in [0, 0.1) is 0 Å². The van der Waals surface area contributed by atoms with Gasteiger partial charge in [-0.2, -0.15) is 0 Å². The standard InChI is InChI=1S/C13H21N5O/c1-17(13(19)10-5-2-3-7-14-10)9-12-16-15-11-6-4-8-18(11)12/h10,14H,2-9H2,1H3. The fourth-order valence-electron chi connectivity index (χ4n) is 2.95. The van der Waals surface area contributed by atoms with Crippen molar-refractivity contribution in [3.63, 3.8) is 0 Å². The Balaban J connectivity index is 1.63. The molecular weight excluding hydrogens is 242 g/mol. The Morgan fingerprint density at radius 2 is 2.32 bits per heavy atom. The lowest BCUT2D eigenvalue weighted by molar-refractivity contribution is -0.133. The second-order valence-electron chi connectivity index (χ2n) is 5.48. The van der Waals surface area contributed by atoms with Gasteiger partial charge in [-0.15, -0.1) is 10.2 Å². The molecular formula is C13H21N5O. The van der Waals surface area contributed by atoms with Gasteiger partial charge in [0.1, 0.15) is 5.82 Å². The largest absolute Gasteiger partial charge is 0.337 e. The van der Waals surface area contributed by atoms with Crippen LogP contribution in [0.5, 0.6) is 0 Å². The number of hydrogen-bond acceptors (Lipinski definition) is 4. The first kappa shape index (κ1) is 12.6. The number of piperidine rings is 1. The Bertz CT molecular complexity index is 464. The maximum atomic E-state index is 12.3. The van der Waals surface area contributed by atoms with Gasteiger partial charge in [-0.25, -0.2) is 0 Å². The average molecular weight is 263 g/mol. The molecule has 19 heavy (non-hydrogen) atoms. The third-order valence-electron chi connectivity index (χ3n) is 4.05. The molecule has 0 spiro atoms. The lowest BCUT2D eigenvalue weighted by Crippen LogP contribution is -2.47. The summed E-state index contributed by atoms with van der Waals surface area (Å²) in [6.45, 7) is 2.50. The number of nitrogens with zero attached hydrogens (tertiary/aromatic N) is 4. The van der Waals surface area contributed by atoms with Crippen LogP contribution in [0.2, 0.25) is 0 Å². The molecule has 2 aliphatic rings. The molecule has 6 heteroatoms. The summed E-state index contributed by atoms with van der Waals surface area (Å²) >= 11 is 0. The van der Waals surface area contributed by atoms with E-state index in [1.165, 1.54) is 6.42 Å². The van der Waals surface area contributed by atoms with Gasteiger partial charge in [-0.05, 0) is 25.8 Å². The zero-order chi connectivity index (χ0) is 13.2. The minimum Gasteiger partial charge on any atom is -0.337 e. The number of nitrogens with one attached hydrogen (secondary N) is 1. The molecule has 1 aromatic heterocycles. The van der Waals surface area contributed by atoms with Crippen molar-refractivity contribution in [1.29, 1.82) is 0 Å². The molecule has 3 rings (SSSR count). The van der Waals surface area contributed by atoms with Gasteiger partial charge in [-0.3, -0.25) is 4.79 Å². The van der Waals surface area contributed by atoms with Crippen LogP contribution >= 0.6 is 0 Å². The molecule has 104 valence electrons. The molecule has 0 aromatic carbocycles. The van der Waals surface area contributed by atoms with Crippen molar-refractivity contribution in [2.24, 2.45) is 0 Å². The molecule has 2 aliphatic heterocycles. The Morgan fingerprint density at radius 3 is 3.11 bits per heavy atom. The summed E-state index contributed by atoms with van der Waals surface area (Å²) in [6.07, 6.45) is 5.40. The van der Waals surface area contributed by atoms with Gasteiger partial charge in [0.15, 0.2) is 5.82 Å². The van der Waals surface area contributed by atoms with Crippen molar-refractivity contribution in [2.45, 2.75) is 51.2 Å². The summed E-state index contributed by atoms with van der Waals surface area (Å²) in [4.78, 5) is 14.1. The first-order chi connectivity index (χ1) is 9.25. The molecule has 1 unspecified atom stereocenters. The van der Waals surface area contributed by atoms with E-state index in [0.717, 1.165) is 50.4 Å². The molecule has 0 bridgehead atoms. The van der Waals surface area contributed by atoms with Crippen LogP contribution in [0.25, 0.3) is 0 Å². The number of fused-ring (bicyclic) bond motifs is 1. The third-order valence-corrected chi connectivity index (χ3v) is 4.05. The minimum absolute atomic E-state index is 0.0141. The maximum Gasteiger partial charge on any atom is 0.239 e. The van der Waals surface area contributed by atoms with E-state index in [9.17, 15) is 4.79 Å². The number of aromatic nitrogens is 3. The van der Waals surface area contributed by atoms with Gasteiger partial charge in [0.2, 0.25) is 5.91 Å². The molecule has 1 fully saturated rings. The van der Waals surface area contributed by atoms with Crippen molar-refractivity contribution in [3.8, 4) is 0 Å². The first-order valence-electron chi connectivity index (χ1n) is 7.15. The zero-order valence-electron chi connectivity index (χ0n) is 11.4. The van der Waals surface area contributed by atoms with E-state index >= 15 is 0 Å². The van der Waals surface area contributed by atoms with Crippen molar-refractivity contribution >= 4 is 5.91 Å². The zero-order valence-corrected chi connectivity index (χ0v) is 11.4. The van der Waals surface area contributed by atoms with Gasteiger partial charge in [0, 0.05) is 20.0 Å². The van der Waals surface area contributed by atoms with Gasteiger partial charge >= 0.3 is 0 Å². The molecule has 1 amide bonds. The van der Waals surface area contributed by atoms with E-state index in [2.05, 4.69) is 20.1 Å². The van der Waals surface area contributed by atoms with Crippen molar-refractivity contribution < 1.29 is 4.79 Å². The lowest BCUT2D eigenvalue weighted by Gasteiger charge is -2.27. The number of rotatable bonds is 3. The number of hydrogen-bond donors (Lipinski definition) is 1. The number of aryl methyl sites for hydroxylation is 1. The summed E-state index contributed by atoms with van der Waals surface area (Å²) in [5.74, 6) is 2.15. The van der Waals surface area contributed by atoms with Gasteiger partial charge in [0.25, 0.3) is 0 Å². The predicted octanol–water partition coefficient (Wildman–Crippen LogP) is 0.325. The van der Waals surface area contributed by atoms with E-state index < -0.39 is 0 Å². The third kappa shape index (κ3) is 2.49. The number of carbonyl (C=O) groups excluding carboxylic acids is 1. The van der Waals surface area contributed by atoms with Crippen LogP contribution in [0.3, 0.4) is 0 Å². The normalized spacial score (nSPS) is 22.3. The van der Waals surface area contributed by atoms with Gasteiger partial charge < -0.3 is 14.8 Å². The highest BCUT2D eigenvalue weighted by Gasteiger charge is 2.25. The quantitative estimate of drug-likeness (QED) is 0.853. The molecule has 1 atom stereocenters. The van der Waals surface area contributed by atoms with Crippen LogP contribution in [0.1, 0.15) is 37.3 Å². The summed E-state index contributed by atoms with van der Waals surface area (Å²) in [5, 5.41) is 11.7. The second-order valence-corrected chi connectivity index (χ2v) is 5.48. The highest BCUT2D eigenvalue weighted by molar-refractivity contribution is 5.81. The summed E-state index contributed by atoms with van der Waals surface area (Å²) in [6, 6.07) is -0.0141. The molecule has 0 saturated carbocycles. The Kier molecular flexibility index (Phi) is 3.50. The molecule has 1 saturated heterocycles. The van der Waals surface area contributed by atoms with Crippen LogP contribution in [-0.4, -0.2) is 45.2 Å². The fraction of sp³-hybridized carbons (Fsp3) is 0.769. The van der Waals surface area contributed by atoms with Crippen LogP contribution < -0.4 is 5.32 Å². The minimum atomic E-state index is -0.0141. The SMILES string of the molecule is CN(Cc1nnc2n1CCC2)C(=O)C1CCCCN1. The second kappa shape index (κ2) is 5.28. The Labute approximate surface area is 113 Å². The van der Waals surface area contributed by atoms with Crippen LogP contribution in [0.15, 0.2) is 0 Å². The van der Waals surface area contributed by atoms with Crippen molar-refractivity contribution in [3.05, 3.63) is 11.6 Å². The molecule has 0 aliphatic carbocycles. The monoisotopic (exact) mass is 263 g/mol. The van der Waals surface area contributed by atoms with Gasteiger partial charge in [0.05, 0.1) is 12.6 Å². The van der Waals surface area contributed by atoms with E-state index in [4.69, 9.17) is 0 Å². The molecule has 1 aromatic rings. The lowest BCUT2D eigenvalue weighted by atomic mass is 10.0. The molecule has 0 radical (unpaired) electrons. The van der Waals surface area contributed by atoms with Crippen LogP contribution in [0.4, 0.5) is 0 Å². The molecule has 3 heterocycles. The summed E-state index contributed by atoms with van der Waals surface area (Å²) in [7, 11) is 1.86. The molecule has 1 N–H and O–H groups in total.